The number of benzene rings is 4. The normalized spacial score (nSPS) is 22.9. The molecule has 4 bridgehead atoms. The van der Waals surface area contributed by atoms with E-state index in [0.29, 0.717) is 48.3 Å². The van der Waals surface area contributed by atoms with Crippen LogP contribution in [0, 0.1) is 33.5 Å². The smallest absolute Gasteiger partial charge is 0.310 e. The van der Waals surface area contributed by atoms with Gasteiger partial charge in [-0.05, 0) is 96.9 Å². The molecule has 0 N–H and O–H groups in total. The molecule has 6 aromatic rings. The molecule has 2 aromatic heterocycles. The van der Waals surface area contributed by atoms with E-state index in [1.807, 2.05) is 27.7 Å². The van der Waals surface area contributed by atoms with E-state index in [-0.39, 0.29) is 92.3 Å². The molecule has 4 aliphatic rings. The van der Waals surface area contributed by atoms with Crippen molar-refractivity contribution in [1.29, 1.82) is 0 Å². The van der Waals surface area contributed by atoms with Crippen molar-refractivity contribution < 1.29 is 62.6 Å². The van der Waals surface area contributed by atoms with E-state index in [4.69, 9.17) is 36.1 Å². The zero-order valence-corrected chi connectivity index (χ0v) is 42.7. The van der Waals surface area contributed by atoms with Crippen molar-refractivity contribution in [2.75, 3.05) is 39.9 Å². The van der Waals surface area contributed by atoms with Crippen LogP contribution in [0.15, 0.2) is 91.2 Å². The average molecular weight is 1020 g/mol. The SMILES string of the molecule is COc1ccc(-c2cc(=O)c3c(OS(=O)(=O)C[C@@]45CC[C@@H](CC4=O)C5(C)C)cc(OC)c(-c4c(OC)cc(OS(=O)(=O)C[C@@]56CC[C@@H](CC5=O)C6(C)C)c5c(=O)cc(-c6ccc(OC)cc6)oc45)c3o2)cc1. The van der Waals surface area contributed by atoms with Gasteiger partial charge in [-0.3, -0.25) is 19.2 Å². The van der Waals surface area contributed by atoms with Crippen molar-refractivity contribution in [3.05, 3.63) is 93.2 Å². The van der Waals surface area contributed by atoms with E-state index in [1.54, 1.807) is 48.5 Å². The fourth-order valence-corrected chi connectivity index (χ4v) is 15.9. The maximum atomic E-state index is 14.8. The largest absolute Gasteiger partial charge is 0.497 e. The molecule has 4 aliphatic carbocycles. The molecular weight excluding hydrogens is 969 g/mol. The molecule has 4 aromatic carbocycles. The number of ether oxygens (including phenoxy) is 4. The summed E-state index contributed by atoms with van der Waals surface area (Å²) < 4.78 is 106. The fraction of sp³-hybridized carbons (Fsp3) is 0.407. The van der Waals surface area contributed by atoms with E-state index in [2.05, 4.69) is 0 Å². The molecule has 0 radical (unpaired) electrons. The van der Waals surface area contributed by atoms with Crippen LogP contribution < -0.4 is 38.2 Å². The van der Waals surface area contributed by atoms with E-state index in [9.17, 15) is 36.0 Å². The zero-order valence-electron chi connectivity index (χ0n) is 41.1. The van der Waals surface area contributed by atoms with Crippen LogP contribution in [-0.4, -0.2) is 68.3 Å². The van der Waals surface area contributed by atoms with E-state index in [1.165, 1.54) is 52.7 Å². The van der Waals surface area contributed by atoms with Crippen molar-refractivity contribution in [1.82, 2.24) is 0 Å². The highest BCUT2D eigenvalue weighted by atomic mass is 32.2. The summed E-state index contributed by atoms with van der Waals surface area (Å²) in [7, 11) is -3.74. The predicted octanol–water partition coefficient (Wildman–Crippen LogP) is 9.14. The number of fused-ring (bicyclic) bond motifs is 6. The van der Waals surface area contributed by atoms with E-state index >= 15 is 0 Å². The number of Topliss-reactive ketones (excluding diaryl/α,β-unsaturated/α-hetero) is 2. The predicted molar refractivity (Wildman–Crippen MR) is 267 cm³/mol. The van der Waals surface area contributed by atoms with Crippen LogP contribution in [0.25, 0.3) is 55.7 Å². The Morgan fingerprint density at radius 3 is 1.17 bits per heavy atom. The lowest BCUT2D eigenvalue weighted by Crippen LogP contribution is -2.43. The van der Waals surface area contributed by atoms with Crippen LogP contribution in [0.3, 0.4) is 0 Å². The minimum absolute atomic E-state index is 0.00856. The third-order valence-corrected chi connectivity index (χ3v) is 19.4. The molecule has 10 rings (SSSR count). The zero-order chi connectivity index (χ0) is 51.5. The van der Waals surface area contributed by atoms with Crippen molar-refractivity contribution in [3.63, 3.8) is 0 Å². The highest BCUT2D eigenvalue weighted by Crippen LogP contribution is 2.65. The molecule has 4 saturated carbocycles. The Hall–Kier alpha value is -6.66. The van der Waals surface area contributed by atoms with Gasteiger partial charge in [0.1, 0.15) is 56.9 Å². The topological polar surface area (TPSA) is 218 Å². The summed E-state index contributed by atoms with van der Waals surface area (Å²) in [5.41, 5.74) is -5.17. The summed E-state index contributed by atoms with van der Waals surface area (Å²) in [5, 5.41) is -0.731. The van der Waals surface area contributed by atoms with Gasteiger partial charge in [0.05, 0.1) is 61.9 Å². The lowest BCUT2D eigenvalue weighted by Gasteiger charge is -2.35. The number of ketones is 2. The summed E-state index contributed by atoms with van der Waals surface area (Å²) in [6.45, 7) is 7.60. The van der Waals surface area contributed by atoms with Gasteiger partial charge in [0, 0.05) is 48.2 Å². The van der Waals surface area contributed by atoms with Crippen LogP contribution in [0.1, 0.15) is 66.2 Å². The summed E-state index contributed by atoms with van der Waals surface area (Å²) in [4.78, 5) is 56.6. The third kappa shape index (κ3) is 7.49. The van der Waals surface area contributed by atoms with Gasteiger partial charge in [0.2, 0.25) is 0 Å². The molecule has 16 nitrogen and oxygen atoms in total. The maximum absolute atomic E-state index is 14.8. The summed E-state index contributed by atoms with van der Waals surface area (Å²) in [6.07, 6.45) is 2.59. The Kier molecular flexibility index (Phi) is 11.5. The lowest BCUT2D eigenvalue weighted by atomic mass is 9.70. The molecule has 0 aliphatic heterocycles. The first-order valence-electron chi connectivity index (χ1n) is 23.6. The quantitative estimate of drug-likeness (QED) is 0.0876. The second-order valence-corrected chi connectivity index (χ2v) is 23.8. The van der Waals surface area contributed by atoms with E-state index in [0.717, 1.165) is 0 Å². The minimum atomic E-state index is -4.65. The molecule has 0 spiro atoms. The number of carbonyl (C=O) groups is 2. The first-order valence-corrected chi connectivity index (χ1v) is 26.8. The standard InChI is InChI=1S/C54H54O16S2/c1-51(2)31-17-19-53(51,43(57)21-31)27-71(59,60)69-41-25-39(65-7)47(49-45(41)35(55)23-37(67-49)29-9-13-33(63-5)14-10-29)48-40(66-8)26-42(70-72(61,62)28-54-20-18-32(22-44(54)58)52(54,3)4)46-36(56)24-38(68-50(46)48)30-11-15-34(64-6)16-12-30/h9-16,23-26,31-32H,17-22,27-28H2,1-8H3/t31-,32-,53-,54-/m0/s1. The first kappa shape index (κ1) is 48.9. The number of methoxy groups -OCH3 is 4. The molecular formula is C54H54O16S2. The number of carbonyl (C=O) groups excluding carboxylic acids is 2. The van der Waals surface area contributed by atoms with Crippen LogP contribution in [0.2, 0.25) is 0 Å². The van der Waals surface area contributed by atoms with Gasteiger partial charge < -0.3 is 36.1 Å². The molecule has 4 atom stereocenters. The van der Waals surface area contributed by atoms with E-state index < -0.39 is 75.8 Å². The first-order chi connectivity index (χ1) is 34.0. The Balaban J connectivity index is 1.23. The van der Waals surface area contributed by atoms with Crippen LogP contribution in [0.5, 0.6) is 34.5 Å². The maximum Gasteiger partial charge on any atom is 0.310 e. The Morgan fingerprint density at radius 2 is 0.875 bits per heavy atom. The Labute approximate surface area is 415 Å². The van der Waals surface area contributed by atoms with Gasteiger partial charge in [0.25, 0.3) is 0 Å². The van der Waals surface area contributed by atoms with Crippen molar-refractivity contribution >= 4 is 53.7 Å². The molecule has 0 amide bonds. The number of hydrogen-bond donors (Lipinski definition) is 0. The Bertz CT molecular complexity index is 3370. The van der Waals surface area contributed by atoms with Crippen molar-refractivity contribution in [3.8, 4) is 68.3 Å². The summed E-state index contributed by atoms with van der Waals surface area (Å²) >= 11 is 0. The molecule has 378 valence electrons. The van der Waals surface area contributed by atoms with Crippen molar-refractivity contribution in [2.45, 2.75) is 66.2 Å². The van der Waals surface area contributed by atoms with Crippen molar-refractivity contribution in [2.24, 2.45) is 33.5 Å². The van der Waals surface area contributed by atoms with Gasteiger partial charge in [0.15, 0.2) is 33.5 Å². The third-order valence-electron chi connectivity index (χ3n) is 16.9. The molecule has 0 saturated heterocycles. The highest BCUT2D eigenvalue weighted by Gasteiger charge is 2.67. The highest BCUT2D eigenvalue weighted by molar-refractivity contribution is 7.87. The minimum Gasteiger partial charge on any atom is -0.497 e. The van der Waals surface area contributed by atoms with Gasteiger partial charge >= 0.3 is 20.2 Å². The Morgan fingerprint density at radius 1 is 0.514 bits per heavy atom. The van der Waals surface area contributed by atoms with Crippen LogP contribution >= 0.6 is 0 Å². The average Bonchev–Trinajstić information content (AvgIpc) is 3.86. The molecule has 72 heavy (non-hydrogen) atoms. The lowest BCUT2D eigenvalue weighted by molar-refractivity contribution is -0.128. The monoisotopic (exact) mass is 1020 g/mol. The molecule has 4 fully saturated rings. The molecule has 0 unspecified atom stereocenters. The number of rotatable bonds is 15. The fourth-order valence-electron chi connectivity index (χ4n) is 12.4. The van der Waals surface area contributed by atoms with Gasteiger partial charge in [-0.2, -0.15) is 16.8 Å². The summed E-state index contributed by atoms with van der Waals surface area (Å²) in [6, 6.07) is 17.9. The number of hydrogen-bond acceptors (Lipinski definition) is 16. The van der Waals surface area contributed by atoms with Crippen LogP contribution in [-0.2, 0) is 29.8 Å². The second-order valence-electron chi connectivity index (χ2n) is 20.6. The molecule has 18 heteroatoms. The second kappa shape index (κ2) is 17.0. The van der Waals surface area contributed by atoms with Gasteiger partial charge in [-0.1, -0.05) is 27.7 Å². The van der Waals surface area contributed by atoms with Gasteiger partial charge in [-0.25, -0.2) is 0 Å². The van der Waals surface area contributed by atoms with Gasteiger partial charge in [-0.15, -0.1) is 0 Å². The molecule has 2 heterocycles. The summed E-state index contributed by atoms with van der Waals surface area (Å²) in [5.74, 6) is -1.79. The van der Waals surface area contributed by atoms with Crippen LogP contribution in [0.4, 0.5) is 0 Å².